The molecule has 1 aromatic rings. The molecule has 2 aliphatic rings. The highest BCUT2D eigenvalue weighted by atomic mass is 32.2. The molecule has 3 rings (SSSR count). The Morgan fingerprint density at radius 1 is 1.19 bits per heavy atom. The van der Waals surface area contributed by atoms with Gasteiger partial charge in [0.2, 0.25) is 5.91 Å². The second-order valence-corrected chi connectivity index (χ2v) is 6.83. The number of thioether (sulfide) groups is 1. The van der Waals surface area contributed by atoms with Crippen LogP contribution in [0.1, 0.15) is 36.8 Å². The van der Waals surface area contributed by atoms with E-state index in [1.54, 1.807) is 11.8 Å². The number of hydrogen-bond donors (Lipinski definition) is 0. The van der Waals surface area contributed by atoms with Gasteiger partial charge in [0.25, 0.3) is 0 Å². The van der Waals surface area contributed by atoms with Gasteiger partial charge in [0.05, 0.1) is 11.4 Å². The Kier molecular flexibility index (Phi) is 5.14. The molecule has 3 heterocycles. The molecule has 114 valence electrons. The van der Waals surface area contributed by atoms with Crippen LogP contribution in [0.2, 0.25) is 0 Å². The summed E-state index contributed by atoms with van der Waals surface area (Å²) >= 11 is 1.70. The lowest BCUT2D eigenvalue weighted by atomic mass is 10.1. The third-order valence-electron chi connectivity index (χ3n) is 4.23. The SMILES string of the molecule is O=C1CSC(c2ccccn2)N1CCCN1CCCCC1. The Morgan fingerprint density at radius 3 is 2.81 bits per heavy atom. The zero-order valence-corrected chi connectivity index (χ0v) is 13.2. The molecule has 4 nitrogen and oxygen atoms in total. The highest BCUT2D eigenvalue weighted by Gasteiger charge is 2.33. The highest BCUT2D eigenvalue weighted by molar-refractivity contribution is 8.00. The number of aromatic nitrogens is 1. The van der Waals surface area contributed by atoms with Crippen LogP contribution in [0.5, 0.6) is 0 Å². The third kappa shape index (κ3) is 3.77. The van der Waals surface area contributed by atoms with Gasteiger partial charge in [0.1, 0.15) is 5.37 Å². The minimum Gasteiger partial charge on any atom is -0.324 e. The molecule has 5 heteroatoms. The van der Waals surface area contributed by atoms with Gasteiger partial charge in [-0.05, 0) is 51.0 Å². The van der Waals surface area contributed by atoms with Crippen molar-refractivity contribution in [2.45, 2.75) is 31.1 Å². The Bertz CT molecular complexity index is 462. The molecule has 0 saturated carbocycles. The molecule has 0 bridgehead atoms. The molecule has 2 saturated heterocycles. The minimum absolute atomic E-state index is 0.111. The van der Waals surface area contributed by atoms with Crippen molar-refractivity contribution < 1.29 is 4.79 Å². The molecular weight excluding hydrogens is 282 g/mol. The number of rotatable bonds is 5. The summed E-state index contributed by atoms with van der Waals surface area (Å²) in [6, 6.07) is 5.94. The van der Waals surface area contributed by atoms with E-state index in [-0.39, 0.29) is 11.3 Å². The lowest BCUT2D eigenvalue weighted by molar-refractivity contribution is -0.128. The smallest absolute Gasteiger partial charge is 0.233 e. The molecule has 21 heavy (non-hydrogen) atoms. The normalized spacial score (nSPS) is 23.7. The zero-order chi connectivity index (χ0) is 14.5. The summed E-state index contributed by atoms with van der Waals surface area (Å²) < 4.78 is 0. The maximum absolute atomic E-state index is 12.1. The monoisotopic (exact) mass is 305 g/mol. The fraction of sp³-hybridized carbons (Fsp3) is 0.625. The van der Waals surface area contributed by atoms with Crippen LogP contribution in [0.4, 0.5) is 0 Å². The fourth-order valence-electron chi connectivity index (χ4n) is 3.11. The Hall–Kier alpha value is -1.07. The average Bonchev–Trinajstić information content (AvgIpc) is 2.91. The van der Waals surface area contributed by atoms with Crippen LogP contribution >= 0.6 is 11.8 Å². The van der Waals surface area contributed by atoms with Crippen LogP contribution in [0.15, 0.2) is 24.4 Å². The van der Waals surface area contributed by atoms with Crippen LogP contribution in [-0.4, -0.2) is 52.6 Å². The van der Waals surface area contributed by atoms with Crippen molar-refractivity contribution in [3.8, 4) is 0 Å². The summed E-state index contributed by atoms with van der Waals surface area (Å²) in [5, 5.41) is 0.111. The number of pyridine rings is 1. The van der Waals surface area contributed by atoms with Crippen LogP contribution in [-0.2, 0) is 4.79 Å². The summed E-state index contributed by atoms with van der Waals surface area (Å²) in [6.07, 6.45) is 6.91. The maximum Gasteiger partial charge on any atom is 0.233 e. The molecule has 1 amide bonds. The van der Waals surface area contributed by atoms with Gasteiger partial charge in [-0.25, -0.2) is 0 Å². The highest BCUT2D eigenvalue weighted by Crippen LogP contribution is 2.37. The van der Waals surface area contributed by atoms with Crippen molar-refractivity contribution in [2.75, 3.05) is 31.9 Å². The van der Waals surface area contributed by atoms with Crippen molar-refractivity contribution in [1.82, 2.24) is 14.8 Å². The molecule has 1 aromatic heterocycles. The number of hydrogen-bond acceptors (Lipinski definition) is 4. The van der Waals surface area contributed by atoms with Gasteiger partial charge in [0, 0.05) is 12.7 Å². The first-order valence-corrected chi connectivity index (χ1v) is 8.94. The lowest BCUT2D eigenvalue weighted by Gasteiger charge is -2.28. The van der Waals surface area contributed by atoms with Gasteiger partial charge in [-0.1, -0.05) is 12.5 Å². The Balaban J connectivity index is 1.53. The molecular formula is C16H23N3OS. The van der Waals surface area contributed by atoms with E-state index in [9.17, 15) is 4.79 Å². The van der Waals surface area contributed by atoms with Crippen molar-refractivity contribution >= 4 is 17.7 Å². The topological polar surface area (TPSA) is 36.4 Å². The first-order chi connectivity index (χ1) is 10.3. The van der Waals surface area contributed by atoms with Gasteiger partial charge in [0.15, 0.2) is 0 Å². The van der Waals surface area contributed by atoms with E-state index in [2.05, 4.69) is 9.88 Å². The number of nitrogens with zero attached hydrogens (tertiary/aromatic N) is 3. The maximum atomic E-state index is 12.1. The van der Waals surface area contributed by atoms with Crippen molar-refractivity contribution in [1.29, 1.82) is 0 Å². The van der Waals surface area contributed by atoms with E-state index in [0.29, 0.717) is 5.75 Å². The van der Waals surface area contributed by atoms with E-state index in [1.807, 2.05) is 29.3 Å². The van der Waals surface area contributed by atoms with E-state index < -0.39 is 0 Å². The number of likely N-dealkylation sites (tertiary alicyclic amines) is 1. The van der Waals surface area contributed by atoms with Crippen molar-refractivity contribution in [3.63, 3.8) is 0 Å². The van der Waals surface area contributed by atoms with Crippen LogP contribution < -0.4 is 0 Å². The second-order valence-electron chi connectivity index (χ2n) is 5.76. The first kappa shape index (κ1) is 14.9. The molecule has 2 aliphatic heterocycles. The lowest BCUT2D eigenvalue weighted by Crippen LogP contribution is -2.35. The standard InChI is InChI=1S/C16H23N3OS/c20-15-13-21-16(14-7-2-3-8-17-14)19(15)12-6-11-18-9-4-1-5-10-18/h2-3,7-8,16H,1,4-6,9-13H2. The molecule has 0 spiro atoms. The van der Waals surface area contributed by atoms with Gasteiger partial charge in [-0.15, -0.1) is 11.8 Å². The van der Waals surface area contributed by atoms with Crippen LogP contribution in [0, 0.1) is 0 Å². The molecule has 0 aromatic carbocycles. The number of carbonyl (C=O) groups is 1. The third-order valence-corrected chi connectivity index (χ3v) is 5.46. The number of carbonyl (C=O) groups excluding carboxylic acids is 1. The van der Waals surface area contributed by atoms with Gasteiger partial charge in [-0.2, -0.15) is 0 Å². The number of piperidine rings is 1. The first-order valence-electron chi connectivity index (χ1n) is 7.89. The molecule has 1 atom stereocenters. The summed E-state index contributed by atoms with van der Waals surface area (Å²) in [4.78, 5) is 21.1. The molecule has 1 unspecified atom stereocenters. The predicted molar refractivity (Wildman–Crippen MR) is 86.1 cm³/mol. The van der Waals surface area contributed by atoms with E-state index in [4.69, 9.17) is 0 Å². The van der Waals surface area contributed by atoms with E-state index in [0.717, 1.165) is 25.2 Å². The summed E-state index contributed by atoms with van der Waals surface area (Å²) in [7, 11) is 0. The molecule has 2 fully saturated rings. The summed E-state index contributed by atoms with van der Waals surface area (Å²) in [5.41, 5.74) is 1.01. The average molecular weight is 305 g/mol. The van der Waals surface area contributed by atoms with E-state index in [1.165, 1.54) is 32.4 Å². The van der Waals surface area contributed by atoms with Gasteiger partial charge in [-0.3, -0.25) is 9.78 Å². The Morgan fingerprint density at radius 2 is 2.05 bits per heavy atom. The Labute approximate surface area is 130 Å². The second kappa shape index (κ2) is 7.27. The molecule has 0 radical (unpaired) electrons. The number of amides is 1. The minimum atomic E-state index is 0.111. The summed E-state index contributed by atoms with van der Waals surface area (Å²) in [6.45, 7) is 4.42. The largest absolute Gasteiger partial charge is 0.324 e. The van der Waals surface area contributed by atoms with Crippen molar-refractivity contribution in [3.05, 3.63) is 30.1 Å². The zero-order valence-electron chi connectivity index (χ0n) is 12.4. The van der Waals surface area contributed by atoms with E-state index >= 15 is 0 Å². The molecule has 0 aliphatic carbocycles. The van der Waals surface area contributed by atoms with Crippen LogP contribution in [0.3, 0.4) is 0 Å². The van der Waals surface area contributed by atoms with Gasteiger partial charge < -0.3 is 9.80 Å². The van der Waals surface area contributed by atoms with Crippen LogP contribution in [0.25, 0.3) is 0 Å². The quantitative estimate of drug-likeness (QED) is 0.837. The predicted octanol–water partition coefficient (Wildman–Crippen LogP) is 2.53. The fourth-order valence-corrected chi connectivity index (χ4v) is 4.29. The summed E-state index contributed by atoms with van der Waals surface area (Å²) in [5.74, 6) is 0.847. The van der Waals surface area contributed by atoms with Gasteiger partial charge >= 0.3 is 0 Å². The van der Waals surface area contributed by atoms with Crippen molar-refractivity contribution in [2.24, 2.45) is 0 Å². The molecule has 0 N–H and O–H groups in total.